The van der Waals surface area contributed by atoms with E-state index in [0.717, 1.165) is 0 Å². The second-order valence-corrected chi connectivity index (χ2v) is 4.32. The fraction of sp³-hybridized carbons (Fsp3) is 0. The summed E-state index contributed by atoms with van der Waals surface area (Å²) in [5.41, 5.74) is 7.20. The van der Waals surface area contributed by atoms with Gasteiger partial charge < -0.3 is 10.8 Å². The quantitative estimate of drug-likeness (QED) is 0.648. The van der Waals surface area contributed by atoms with Crippen LogP contribution in [0.15, 0.2) is 24.4 Å². The second kappa shape index (κ2) is 4.74. The Hall–Kier alpha value is -2.74. The number of aromatic amines is 1. The van der Waals surface area contributed by atoms with E-state index in [1.165, 1.54) is 12.3 Å². The van der Waals surface area contributed by atoms with Crippen LogP contribution in [0.2, 0.25) is 5.02 Å². The van der Waals surface area contributed by atoms with Crippen LogP contribution in [-0.2, 0) is 0 Å². The van der Waals surface area contributed by atoms with E-state index < -0.39 is 0 Å². The SMILES string of the molecule is Nc1cnc(-c2ccc(O)c(Cl)c2)c(-c2nnn[nH]2)n1. The van der Waals surface area contributed by atoms with Crippen LogP contribution in [0.5, 0.6) is 5.75 Å². The van der Waals surface area contributed by atoms with Gasteiger partial charge in [0.2, 0.25) is 0 Å². The maximum Gasteiger partial charge on any atom is 0.200 e. The standard InChI is InChI=1S/C11H8ClN7O/c12-6-3-5(1-2-7(6)20)9-10(11-16-18-19-17-11)15-8(13)4-14-9/h1-4,20H,(H2,13,15)(H,16,17,18,19). The molecule has 100 valence electrons. The number of hydrogen-bond donors (Lipinski definition) is 3. The van der Waals surface area contributed by atoms with E-state index in [4.69, 9.17) is 17.3 Å². The van der Waals surface area contributed by atoms with Crippen LogP contribution in [-0.4, -0.2) is 35.7 Å². The molecule has 3 rings (SSSR count). The number of nitrogens with two attached hydrogens (primary N) is 1. The molecule has 0 bridgehead atoms. The highest BCUT2D eigenvalue weighted by atomic mass is 35.5. The molecule has 2 aromatic heterocycles. The predicted octanol–water partition coefficient (Wildman–Crippen LogP) is 1.26. The van der Waals surface area contributed by atoms with Crippen molar-refractivity contribution in [3.63, 3.8) is 0 Å². The van der Waals surface area contributed by atoms with Gasteiger partial charge >= 0.3 is 0 Å². The molecule has 0 aliphatic carbocycles. The first-order chi connectivity index (χ1) is 9.65. The molecular weight excluding hydrogens is 282 g/mol. The van der Waals surface area contributed by atoms with Gasteiger partial charge in [0.05, 0.1) is 11.2 Å². The summed E-state index contributed by atoms with van der Waals surface area (Å²) in [6, 6.07) is 4.71. The first-order valence-corrected chi connectivity index (χ1v) is 5.88. The number of nitrogens with zero attached hydrogens (tertiary/aromatic N) is 5. The molecule has 0 unspecified atom stereocenters. The summed E-state index contributed by atoms with van der Waals surface area (Å²) < 4.78 is 0. The van der Waals surface area contributed by atoms with E-state index in [0.29, 0.717) is 22.8 Å². The molecule has 2 heterocycles. The number of aromatic nitrogens is 6. The third kappa shape index (κ3) is 2.12. The van der Waals surface area contributed by atoms with Gasteiger partial charge in [-0.1, -0.05) is 11.6 Å². The molecule has 0 saturated heterocycles. The summed E-state index contributed by atoms with van der Waals surface area (Å²) in [6.45, 7) is 0. The van der Waals surface area contributed by atoms with Gasteiger partial charge in [-0.25, -0.2) is 15.1 Å². The molecular formula is C11H8ClN7O. The number of rotatable bonds is 2. The van der Waals surface area contributed by atoms with Crippen molar-refractivity contribution in [1.82, 2.24) is 30.6 Å². The molecule has 1 aromatic carbocycles. The van der Waals surface area contributed by atoms with Gasteiger partial charge in [-0.05, 0) is 28.6 Å². The Balaban J connectivity index is 2.20. The number of aromatic hydroxyl groups is 1. The maximum absolute atomic E-state index is 9.46. The highest BCUT2D eigenvalue weighted by molar-refractivity contribution is 6.32. The topological polar surface area (TPSA) is 126 Å². The largest absolute Gasteiger partial charge is 0.506 e. The lowest BCUT2D eigenvalue weighted by atomic mass is 10.1. The van der Waals surface area contributed by atoms with E-state index in [-0.39, 0.29) is 16.6 Å². The number of nitrogens with one attached hydrogen (secondary N) is 1. The van der Waals surface area contributed by atoms with E-state index in [1.54, 1.807) is 12.1 Å². The third-order valence-electron chi connectivity index (χ3n) is 2.58. The molecule has 8 nitrogen and oxygen atoms in total. The number of benzene rings is 1. The minimum Gasteiger partial charge on any atom is -0.506 e. The van der Waals surface area contributed by atoms with E-state index in [2.05, 4.69) is 30.6 Å². The number of hydrogen-bond acceptors (Lipinski definition) is 7. The Kier molecular flexibility index (Phi) is 2.92. The van der Waals surface area contributed by atoms with E-state index >= 15 is 0 Å². The lowest BCUT2D eigenvalue weighted by molar-refractivity contribution is 0.475. The summed E-state index contributed by atoms with van der Waals surface area (Å²) in [5, 5.41) is 23.1. The highest BCUT2D eigenvalue weighted by Crippen LogP contribution is 2.32. The fourth-order valence-corrected chi connectivity index (χ4v) is 1.87. The minimum absolute atomic E-state index is 0.0123. The van der Waals surface area contributed by atoms with Crippen LogP contribution in [0.3, 0.4) is 0 Å². The monoisotopic (exact) mass is 289 g/mol. The van der Waals surface area contributed by atoms with Gasteiger partial charge in [0.25, 0.3) is 0 Å². The number of nitrogen functional groups attached to an aromatic ring is 1. The van der Waals surface area contributed by atoms with Crippen molar-refractivity contribution < 1.29 is 5.11 Å². The van der Waals surface area contributed by atoms with Crippen molar-refractivity contribution in [1.29, 1.82) is 0 Å². The zero-order chi connectivity index (χ0) is 14.1. The predicted molar refractivity (Wildman–Crippen MR) is 71.7 cm³/mol. The van der Waals surface area contributed by atoms with Gasteiger partial charge in [0.15, 0.2) is 5.82 Å². The van der Waals surface area contributed by atoms with Crippen molar-refractivity contribution in [3.05, 3.63) is 29.4 Å². The molecule has 0 spiro atoms. The Labute approximate surface area is 117 Å². The zero-order valence-electron chi connectivity index (χ0n) is 9.95. The first-order valence-electron chi connectivity index (χ1n) is 5.50. The fourth-order valence-electron chi connectivity index (χ4n) is 1.69. The van der Waals surface area contributed by atoms with E-state index in [1.807, 2.05) is 0 Å². The molecule has 0 saturated carbocycles. The number of anilines is 1. The van der Waals surface area contributed by atoms with Crippen LogP contribution in [0.4, 0.5) is 5.82 Å². The number of phenolic OH excluding ortho intramolecular Hbond substituents is 1. The molecule has 0 atom stereocenters. The molecule has 0 radical (unpaired) electrons. The zero-order valence-corrected chi connectivity index (χ0v) is 10.7. The van der Waals surface area contributed by atoms with Crippen molar-refractivity contribution in [2.45, 2.75) is 0 Å². The lowest BCUT2D eigenvalue weighted by Gasteiger charge is -2.07. The molecule has 9 heteroatoms. The number of halogens is 1. The highest BCUT2D eigenvalue weighted by Gasteiger charge is 2.15. The summed E-state index contributed by atoms with van der Waals surface area (Å²) in [6.07, 6.45) is 1.42. The molecule has 4 N–H and O–H groups in total. The molecule has 20 heavy (non-hydrogen) atoms. The third-order valence-corrected chi connectivity index (χ3v) is 2.88. The van der Waals surface area contributed by atoms with Gasteiger partial charge in [-0.15, -0.1) is 5.10 Å². The maximum atomic E-state index is 9.46. The molecule has 3 aromatic rings. The van der Waals surface area contributed by atoms with Gasteiger partial charge in [-0.3, -0.25) is 0 Å². The normalized spacial score (nSPS) is 10.7. The van der Waals surface area contributed by atoms with Gasteiger partial charge in [0, 0.05) is 5.56 Å². The average Bonchev–Trinajstić information content (AvgIpc) is 2.96. The second-order valence-electron chi connectivity index (χ2n) is 3.91. The van der Waals surface area contributed by atoms with Crippen LogP contribution in [0.25, 0.3) is 22.8 Å². The van der Waals surface area contributed by atoms with Crippen molar-refractivity contribution in [3.8, 4) is 28.5 Å². The lowest BCUT2D eigenvalue weighted by Crippen LogP contribution is -1.99. The molecule has 0 amide bonds. The molecule has 0 aliphatic rings. The summed E-state index contributed by atoms with van der Waals surface area (Å²) in [7, 11) is 0. The van der Waals surface area contributed by atoms with Crippen LogP contribution in [0, 0.1) is 0 Å². The number of H-pyrrole nitrogens is 1. The van der Waals surface area contributed by atoms with Crippen molar-refractivity contribution in [2.24, 2.45) is 0 Å². The first kappa shape index (κ1) is 12.3. The van der Waals surface area contributed by atoms with Crippen LogP contribution >= 0.6 is 11.6 Å². The minimum atomic E-state index is -0.0123. The van der Waals surface area contributed by atoms with Crippen LogP contribution < -0.4 is 5.73 Å². The number of tetrazole rings is 1. The molecule has 0 fully saturated rings. The van der Waals surface area contributed by atoms with Crippen LogP contribution in [0.1, 0.15) is 0 Å². The summed E-state index contributed by atoms with van der Waals surface area (Å²) >= 11 is 5.90. The Morgan fingerprint density at radius 1 is 1.25 bits per heavy atom. The average molecular weight is 290 g/mol. The van der Waals surface area contributed by atoms with Crippen molar-refractivity contribution in [2.75, 3.05) is 5.73 Å². The van der Waals surface area contributed by atoms with Gasteiger partial charge in [0.1, 0.15) is 23.0 Å². The van der Waals surface area contributed by atoms with E-state index in [9.17, 15) is 5.11 Å². The summed E-state index contributed by atoms with van der Waals surface area (Å²) in [4.78, 5) is 8.41. The Morgan fingerprint density at radius 3 is 2.80 bits per heavy atom. The Morgan fingerprint density at radius 2 is 2.10 bits per heavy atom. The smallest absolute Gasteiger partial charge is 0.200 e. The Bertz CT molecular complexity index is 759. The van der Waals surface area contributed by atoms with Gasteiger partial charge in [-0.2, -0.15) is 0 Å². The molecule has 0 aliphatic heterocycles. The van der Waals surface area contributed by atoms with Crippen molar-refractivity contribution >= 4 is 17.4 Å². The number of phenols is 1. The summed E-state index contributed by atoms with van der Waals surface area (Å²) in [5.74, 6) is 0.565.